The maximum Gasteiger partial charge on any atom is 0.179 e. The molecule has 1 aromatic heterocycles. The molecular formula is C20H34N4. The summed E-state index contributed by atoms with van der Waals surface area (Å²) >= 11 is 0. The highest BCUT2D eigenvalue weighted by atomic mass is 15.1. The molecule has 0 saturated carbocycles. The highest BCUT2D eigenvalue weighted by molar-refractivity contribution is 5.37. The van der Waals surface area contributed by atoms with Crippen LogP contribution in [0.3, 0.4) is 0 Å². The fraction of sp³-hybridized carbons (Fsp3) is 0.600. The number of rotatable bonds is 11. The third-order valence-electron chi connectivity index (χ3n) is 4.30. The summed E-state index contributed by atoms with van der Waals surface area (Å²) in [6.07, 6.45) is 11.2. The lowest BCUT2D eigenvalue weighted by molar-refractivity contribution is 0.422. The fourth-order valence-corrected chi connectivity index (χ4v) is 3.04. The van der Waals surface area contributed by atoms with Gasteiger partial charge in [-0.15, -0.1) is 0 Å². The summed E-state index contributed by atoms with van der Waals surface area (Å²) in [5, 5.41) is 3.40. The zero-order chi connectivity index (χ0) is 17.9. The maximum atomic E-state index is 4.90. The highest BCUT2D eigenvalue weighted by Gasteiger charge is 2.17. The average molecular weight is 331 g/mol. The molecule has 1 heterocycles. The van der Waals surface area contributed by atoms with E-state index in [4.69, 9.17) is 4.98 Å². The topological polar surface area (TPSA) is 42.2 Å². The quantitative estimate of drug-likeness (QED) is 0.608. The Hall–Kier alpha value is -1.84. The summed E-state index contributed by atoms with van der Waals surface area (Å²) in [7, 11) is 0. The molecule has 1 rings (SSSR count). The second-order valence-electron chi connectivity index (χ2n) is 6.40. The van der Waals surface area contributed by atoms with Crippen molar-refractivity contribution in [3.63, 3.8) is 0 Å². The molecule has 1 aromatic rings. The monoisotopic (exact) mass is 330 g/mol. The van der Waals surface area contributed by atoms with Crippen LogP contribution in [0.5, 0.6) is 0 Å². The van der Waals surface area contributed by atoms with Crippen LogP contribution >= 0.6 is 0 Å². The Morgan fingerprint density at radius 1 is 1.29 bits per heavy atom. The van der Waals surface area contributed by atoms with Gasteiger partial charge in [-0.05, 0) is 25.2 Å². The molecule has 0 fully saturated rings. The molecule has 2 unspecified atom stereocenters. The van der Waals surface area contributed by atoms with Crippen LogP contribution in [0.4, 0.5) is 5.82 Å². The van der Waals surface area contributed by atoms with E-state index in [1.165, 1.54) is 19.3 Å². The fourth-order valence-electron chi connectivity index (χ4n) is 3.04. The van der Waals surface area contributed by atoms with E-state index in [0.717, 1.165) is 36.4 Å². The van der Waals surface area contributed by atoms with Gasteiger partial charge in [0.2, 0.25) is 0 Å². The standard InChI is InChI=1S/C20H34N4/c1-7-12-16(6)14-17(9-3)18-15-24(11-5)20(21-10-4)19(23-18)22-13-8-2/h10-11,15-17H,4-5,7-9,12-14H2,1-3,6H3,(H,22,23). The summed E-state index contributed by atoms with van der Waals surface area (Å²) in [4.78, 5) is 9.28. The lowest BCUT2D eigenvalue weighted by Gasteiger charge is -2.21. The van der Waals surface area contributed by atoms with Crippen LogP contribution in [0.1, 0.15) is 71.4 Å². The van der Waals surface area contributed by atoms with Gasteiger partial charge < -0.3 is 9.88 Å². The molecule has 1 N–H and O–H groups in total. The first-order valence-electron chi connectivity index (χ1n) is 9.25. The van der Waals surface area contributed by atoms with Gasteiger partial charge >= 0.3 is 0 Å². The molecule has 0 aliphatic rings. The smallest absolute Gasteiger partial charge is 0.179 e. The Labute approximate surface area is 147 Å². The van der Waals surface area contributed by atoms with Crippen molar-refractivity contribution in [1.29, 1.82) is 0 Å². The van der Waals surface area contributed by atoms with E-state index in [1.54, 1.807) is 12.4 Å². The Morgan fingerprint density at radius 3 is 2.58 bits per heavy atom. The molecule has 2 atom stereocenters. The number of nitrogens with one attached hydrogen (secondary N) is 1. The number of anilines is 1. The van der Waals surface area contributed by atoms with Gasteiger partial charge in [0.15, 0.2) is 11.3 Å². The van der Waals surface area contributed by atoms with Crippen LogP contribution in [-0.2, 0) is 0 Å². The van der Waals surface area contributed by atoms with E-state index < -0.39 is 0 Å². The molecule has 0 aliphatic heterocycles. The maximum absolute atomic E-state index is 4.90. The zero-order valence-corrected chi connectivity index (χ0v) is 15.9. The van der Waals surface area contributed by atoms with Crippen LogP contribution in [0.15, 0.2) is 30.5 Å². The lowest BCUT2D eigenvalue weighted by Crippen LogP contribution is -2.25. The van der Waals surface area contributed by atoms with Crippen LogP contribution in [0.25, 0.3) is 6.20 Å². The van der Waals surface area contributed by atoms with Crippen molar-refractivity contribution in [2.24, 2.45) is 10.9 Å². The van der Waals surface area contributed by atoms with E-state index in [-0.39, 0.29) is 0 Å². The Kier molecular flexibility index (Phi) is 9.13. The average Bonchev–Trinajstić information content (AvgIpc) is 2.59. The lowest BCUT2D eigenvalue weighted by atomic mass is 9.89. The summed E-state index contributed by atoms with van der Waals surface area (Å²) < 4.78 is 1.95. The SMILES string of the molecule is C=CN=c1c(NCCC)nc(C(CC)CC(C)CCC)cn1C=C. The Morgan fingerprint density at radius 2 is 2.04 bits per heavy atom. The Balaban J connectivity index is 3.29. The molecular weight excluding hydrogens is 296 g/mol. The second kappa shape index (κ2) is 10.8. The number of hydrogen-bond donors (Lipinski definition) is 1. The zero-order valence-electron chi connectivity index (χ0n) is 15.9. The van der Waals surface area contributed by atoms with Crippen LogP contribution in [-0.4, -0.2) is 16.1 Å². The minimum Gasteiger partial charge on any atom is -0.367 e. The molecule has 0 spiro atoms. The predicted octanol–water partition coefficient (Wildman–Crippen LogP) is 5.17. The van der Waals surface area contributed by atoms with Crippen molar-refractivity contribution in [3.05, 3.63) is 36.7 Å². The van der Waals surface area contributed by atoms with E-state index in [9.17, 15) is 0 Å². The predicted molar refractivity (Wildman–Crippen MR) is 105 cm³/mol. The van der Waals surface area contributed by atoms with Crippen molar-refractivity contribution in [1.82, 2.24) is 9.55 Å². The third kappa shape index (κ3) is 5.66. The molecule has 0 bridgehead atoms. The third-order valence-corrected chi connectivity index (χ3v) is 4.30. The van der Waals surface area contributed by atoms with Crippen LogP contribution < -0.4 is 10.8 Å². The van der Waals surface area contributed by atoms with Crippen LogP contribution in [0.2, 0.25) is 0 Å². The summed E-state index contributed by atoms with van der Waals surface area (Å²) in [5.74, 6) is 1.98. The number of nitrogens with zero attached hydrogens (tertiary/aromatic N) is 3. The number of aromatic nitrogens is 2. The van der Waals surface area contributed by atoms with Crippen LogP contribution in [0, 0.1) is 5.92 Å². The molecule has 0 saturated heterocycles. The van der Waals surface area contributed by atoms with Crippen molar-refractivity contribution in [2.45, 2.75) is 65.7 Å². The molecule has 4 heteroatoms. The molecule has 0 aromatic carbocycles. The minimum atomic E-state index is 0.456. The van der Waals surface area contributed by atoms with Gasteiger partial charge in [-0.1, -0.05) is 53.7 Å². The van der Waals surface area contributed by atoms with Gasteiger partial charge in [0.1, 0.15) is 0 Å². The van der Waals surface area contributed by atoms with E-state index >= 15 is 0 Å². The molecule has 134 valence electrons. The van der Waals surface area contributed by atoms with E-state index in [1.807, 2.05) is 4.57 Å². The van der Waals surface area contributed by atoms with E-state index in [2.05, 4.69) is 57.4 Å². The molecule has 0 aliphatic carbocycles. The van der Waals surface area contributed by atoms with Crippen molar-refractivity contribution < 1.29 is 0 Å². The normalized spacial score (nSPS) is 14.2. The second-order valence-corrected chi connectivity index (χ2v) is 6.40. The Bertz CT molecular complexity index is 586. The summed E-state index contributed by atoms with van der Waals surface area (Å²) in [5.41, 5.74) is 1.87. The highest BCUT2D eigenvalue weighted by Crippen LogP contribution is 2.27. The molecule has 0 amide bonds. The van der Waals surface area contributed by atoms with Gasteiger partial charge in [-0.25, -0.2) is 9.98 Å². The number of hydrogen-bond acceptors (Lipinski definition) is 3. The largest absolute Gasteiger partial charge is 0.367 e. The first kappa shape index (κ1) is 20.2. The van der Waals surface area contributed by atoms with Gasteiger partial charge in [0.05, 0.1) is 5.69 Å². The van der Waals surface area contributed by atoms with Gasteiger partial charge in [-0.2, -0.15) is 0 Å². The van der Waals surface area contributed by atoms with Crippen molar-refractivity contribution in [3.8, 4) is 0 Å². The van der Waals surface area contributed by atoms with Gasteiger partial charge in [-0.3, -0.25) is 0 Å². The van der Waals surface area contributed by atoms with E-state index in [0.29, 0.717) is 11.8 Å². The molecule has 4 nitrogen and oxygen atoms in total. The van der Waals surface area contributed by atoms with Gasteiger partial charge in [0, 0.05) is 31.1 Å². The molecule has 24 heavy (non-hydrogen) atoms. The van der Waals surface area contributed by atoms with Crippen molar-refractivity contribution >= 4 is 12.0 Å². The summed E-state index contributed by atoms with van der Waals surface area (Å²) in [6.45, 7) is 17.5. The van der Waals surface area contributed by atoms with Crippen molar-refractivity contribution in [2.75, 3.05) is 11.9 Å². The molecule has 0 radical (unpaired) electrons. The summed E-state index contributed by atoms with van der Waals surface area (Å²) in [6, 6.07) is 0. The minimum absolute atomic E-state index is 0.456. The van der Waals surface area contributed by atoms with Gasteiger partial charge in [0.25, 0.3) is 0 Å². The first-order valence-corrected chi connectivity index (χ1v) is 9.25. The first-order chi connectivity index (χ1) is 11.6.